The number of halogens is 12. The van der Waals surface area contributed by atoms with Crippen LogP contribution in [-0.2, 0) is 47.1 Å². The van der Waals surface area contributed by atoms with Crippen molar-refractivity contribution in [3.63, 3.8) is 0 Å². The van der Waals surface area contributed by atoms with Crippen LogP contribution in [0.15, 0.2) is 46.2 Å². The van der Waals surface area contributed by atoms with Crippen LogP contribution in [0.4, 0.5) is 52.7 Å². The molecule has 16 heteroatoms. The third-order valence-electron chi connectivity index (χ3n) is 3.41. The standard InChI is InChI=1S/C16H6F12NS2.Ag/c17-13(18,19)7-1-8(14(20,21)22)4-11(3-7)30-29-31-12-5-9(15(23,24)25)2-10(6-12)16(26,27)28;/h1-6H;/q-1;+1. The molecule has 0 aliphatic heterocycles. The van der Waals surface area contributed by atoms with Crippen molar-refractivity contribution < 1.29 is 75.1 Å². The molecule has 2 aromatic carbocycles. The fourth-order valence-electron chi connectivity index (χ4n) is 2.06. The largest absolute Gasteiger partial charge is 1.00 e. The summed E-state index contributed by atoms with van der Waals surface area (Å²) in [5, 5.41) is 0. The second-order valence-corrected chi connectivity index (χ2v) is 7.64. The van der Waals surface area contributed by atoms with Gasteiger partial charge in [0.05, 0.1) is 22.3 Å². The first-order valence-corrected chi connectivity index (χ1v) is 9.05. The molecule has 0 aliphatic carbocycles. The molecule has 0 saturated heterocycles. The van der Waals surface area contributed by atoms with Gasteiger partial charge in [-0.15, -0.1) is 0 Å². The number of nitrogens with zero attached hydrogens (tertiary/aromatic N) is 1. The monoisotopic (exact) mass is 611 g/mol. The van der Waals surface area contributed by atoms with Crippen molar-refractivity contribution >= 4 is 23.9 Å². The Morgan fingerprint density at radius 3 is 0.844 bits per heavy atom. The first-order chi connectivity index (χ1) is 13.9. The van der Waals surface area contributed by atoms with Crippen molar-refractivity contribution in [2.45, 2.75) is 34.5 Å². The molecular formula is C16H6AgF12NS2. The fraction of sp³-hybridized carbons (Fsp3) is 0.250. The van der Waals surface area contributed by atoms with Crippen LogP contribution in [0.3, 0.4) is 0 Å². The Morgan fingerprint density at radius 1 is 0.438 bits per heavy atom. The van der Waals surface area contributed by atoms with Crippen LogP contribution in [0.2, 0.25) is 0 Å². The second-order valence-electron chi connectivity index (χ2n) is 5.74. The molecule has 2 aromatic rings. The number of rotatable bonds is 4. The molecular weight excluding hydrogens is 606 g/mol. The molecule has 0 aromatic heterocycles. The maximum absolute atomic E-state index is 12.8. The third kappa shape index (κ3) is 8.09. The molecule has 0 spiro atoms. The first kappa shape index (κ1) is 29.0. The van der Waals surface area contributed by atoms with Gasteiger partial charge >= 0.3 is 47.1 Å². The molecule has 0 amide bonds. The first-order valence-electron chi connectivity index (χ1n) is 7.51. The zero-order chi connectivity index (χ0) is 23.8. The van der Waals surface area contributed by atoms with Gasteiger partial charge in [0.1, 0.15) is 0 Å². The van der Waals surface area contributed by atoms with E-state index >= 15 is 0 Å². The van der Waals surface area contributed by atoms with E-state index in [4.69, 9.17) is 0 Å². The summed E-state index contributed by atoms with van der Waals surface area (Å²) in [5.74, 6) is 0. The summed E-state index contributed by atoms with van der Waals surface area (Å²) < 4.78 is 157. The Labute approximate surface area is 196 Å². The van der Waals surface area contributed by atoms with Gasteiger partial charge in [0.25, 0.3) is 0 Å². The number of hydrogen-bond acceptors (Lipinski definition) is 2. The van der Waals surface area contributed by atoms with Crippen LogP contribution in [-0.4, -0.2) is 0 Å². The summed E-state index contributed by atoms with van der Waals surface area (Å²) in [5.41, 5.74) is -6.60. The van der Waals surface area contributed by atoms with Crippen molar-refractivity contribution in [2.24, 2.45) is 0 Å². The smallest absolute Gasteiger partial charge is 0.542 e. The summed E-state index contributed by atoms with van der Waals surface area (Å²) in [6.45, 7) is 0. The van der Waals surface area contributed by atoms with E-state index in [1.807, 2.05) is 0 Å². The Kier molecular flexibility index (Phi) is 9.16. The van der Waals surface area contributed by atoms with E-state index in [1.165, 1.54) is 0 Å². The Morgan fingerprint density at radius 2 is 0.656 bits per heavy atom. The zero-order valence-electron chi connectivity index (χ0n) is 14.6. The third-order valence-corrected chi connectivity index (χ3v) is 4.90. The molecule has 0 radical (unpaired) electrons. The molecule has 32 heavy (non-hydrogen) atoms. The van der Waals surface area contributed by atoms with Gasteiger partial charge in [-0.05, 0) is 46.2 Å². The Hall–Kier alpha value is -1.000. The molecule has 182 valence electrons. The van der Waals surface area contributed by atoms with E-state index in [1.54, 1.807) is 0 Å². The van der Waals surface area contributed by atoms with E-state index in [0.29, 0.717) is 24.3 Å². The SMILES string of the molecule is FC(F)(F)c1cc(S[N-]Sc2cc(C(F)(F)F)cc(C(F)(F)F)c2)cc(C(F)(F)F)c1.[Ag+]. The fourth-order valence-corrected chi connectivity index (χ4v) is 3.62. The van der Waals surface area contributed by atoms with Crippen LogP contribution in [0.5, 0.6) is 0 Å². The van der Waals surface area contributed by atoms with Crippen molar-refractivity contribution in [3.05, 3.63) is 62.8 Å². The minimum absolute atomic E-state index is 0. The average Bonchev–Trinajstić information content (AvgIpc) is 2.58. The summed E-state index contributed by atoms with van der Waals surface area (Å²) >= 11 is 0.0560. The van der Waals surface area contributed by atoms with Gasteiger partial charge in [0.15, 0.2) is 0 Å². The van der Waals surface area contributed by atoms with Gasteiger partial charge in [-0.1, -0.05) is 0 Å². The van der Waals surface area contributed by atoms with Crippen molar-refractivity contribution in [1.29, 1.82) is 0 Å². The van der Waals surface area contributed by atoms with E-state index in [2.05, 4.69) is 4.13 Å². The molecule has 1 nitrogen and oxygen atoms in total. The summed E-state index contributed by atoms with van der Waals surface area (Å²) in [4.78, 5) is -1.34. The molecule has 0 heterocycles. The molecule has 0 unspecified atom stereocenters. The minimum Gasteiger partial charge on any atom is -0.542 e. The van der Waals surface area contributed by atoms with Gasteiger partial charge < -0.3 is 4.13 Å². The molecule has 0 fully saturated rings. The van der Waals surface area contributed by atoms with Crippen molar-refractivity contribution in [2.75, 3.05) is 0 Å². The zero-order valence-corrected chi connectivity index (χ0v) is 17.7. The molecule has 0 N–H and O–H groups in total. The van der Waals surface area contributed by atoms with Gasteiger partial charge in [0, 0.05) is 0 Å². The molecule has 0 saturated carbocycles. The predicted octanol–water partition coefficient (Wildman–Crippen LogP) is 8.85. The number of benzene rings is 2. The second kappa shape index (κ2) is 10.1. The Balaban J connectivity index is 0.00000512. The summed E-state index contributed by atoms with van der Waals surface area (Å²) in [7, 11) is 0. The van der Waals surface area contributed by atoms with Gasteiger partial charge in [-0.3, -0.25) is 0 Å². The van der Waals surface area contributed by atoms with Crippen LogP contribution < -0.4 is 0 Å². The molecule has 2 rings (SSSR count). The van der Waals surface area contributed by atoms with Crippen LogP contribution in [0, 0.1) is 0 Å². The molecule has 0 bridgehead atoms. The van der Waals surface area contributed by atoms with E-state index in [0.717, 1.165) is 0 Å². The molecule has 0 aliphatic rings. The maximum Gasteiger partial charge on any atom is 1.00 e. The number of alkyl halides is 12. The normalized spacial score (nSPS) is 13.1. The van der Waals surface area contributed by atoms with Gasteiger partial charge in [0.2, 0.25) is 0 Å². The van der Waals surface area contributed by atoms with Crippen LogP contribution in [0.1, 0.15) is 22.3 Å². The quantitative estimate of drug-likeness (QED) is 0.195. The van der Waals surface area contributed by atoms with Gasteiger partial charge in [-0.25, -0.2) is 23.9 Å². The average molecular weight is 612 g/mol. The van der Waals surface area contributed by atoms with Crippen LogP contribution in [0.25, 0.3) is 4.13 Å². The van der Waals surface area contributed by atoms with Crippen molar-refractivity contribution in [3.8, 4) is 0 Å². The van der Waals surface area contributed by atoms with Gasteiger partial charge in [-0.2, -0.15) is 52.7 Å². The van der Waals surface area contributed by atoms with Crippen molar-refractivity contribution in [1.82, 2.24) is 0 Å². The maximum atomic E-state index is 12.8. The topological polar surface area (TPSA) is 14.1 Å². The van der Waals surface area contributed by atoms with E-state index < -0.39 is 56.7 Å². The number of hydrogen-bond donors (Lipinski definition) is 0. The van der Waals surface area contributed by atoms with E-state index in [-0.39, 0.29) is 58.4 Å². The summed E-state index contributed by atoms with van der Waals surface area (Å²) in [6.07, 6.45) is -20.5. The Bertz CT molecular complexity index is 795. The summed E-state index contributed by atoms with van der Waals surface area (Å²) in [6, 6.07) is 0.988. The molecule has 0 atom stereocenters. The van der Waals surface area contributed by atoms with Crippen LogP contribution >= 0.6 is 23.9 Å². The predicted molar refractivity (Wildman–Crippen MR) is 88.0 cm³/mol. The van der Waals surface area contributed by atoms with E-state index in [9.17, 15) is 52.7 Å². The minimum atomic E-state index is -5.13.